The highest BCUT2D eigenvalue weighted by Gasteiger charge is 2.22. The summed E-state index contributed by atoms with van der Waals surface area (Å²) in [5.74, 6) is 0. The average Bonchev–Trinajstić information content (AvgIpc) is 2.33. The van der Waals surface area contributed by atoms with E-state index in [0.717, 1.165) is 42.8 Å². The van der Waals surface area contributed by atoms with Gasteiger partial charge in [0.1, 0.15) is 6.29 Å². The molecule has 0 aliphatic carbocycles. The first-order valence-electron chi connectivity index (χ1n) is 5.74. The van der Waals surface area contributed by atoms with Crippen LogP contribution in [0.25, 0.3) is 0 Å². The number of piperidine rings is 1. The molecule has 1 heterocycles. The van der Waals surface area contributed by atoms with Gasteiger partial charge in [-0.2, -0.15) is 0 Å². The molecule has 2 rings (SSSR count). The Morgan fingerprint density at radius 1 is 1.38 bits per heavy atom. The fourth-order valence-electron chi connectivity index (χ4n) is 2.21. The first kappa shape index (κ1) is 11.6. The van der Waals surface area contributed by atoms with Crippen LogP contribution in [-0.4, -0.2) is 23.8 Å². The van der Waals surface area contributed by atoms with Crippen molar-refractivity contribution in [3.05, 3.63) is 34.9 Å². The Labute approximate surface area is 101 Å². The highest BCUT2D eigenvalue weighted by atomic mass is 35.5. The number of likely N-dealkylation sites (tertiary alicyclic amines) is 1. The van der Waals surface area contributed by atoms with E-state index >= 15 is 0 Å². The summed E-state index contributed by atoms with van der Waals surface area (Å²) in [4.78, 5) is 13.2. The summed E-state index contributed by atoms with van der Waals surface area (Å²) in [6.45, 7) is 1.78. The Morgan fingerprint density at radius 3 is 2.94 bits per heavy atom. The van der Waals surface area contributed by atoms with E-state index in [-0.39, 0.29) is 6.04 Å². The predicted octanol–water partition coefficient (Wildman–Crippen LogP) is 2.89. The summed E-state index contributed by atoms with van der Waals surface area (Å²) in [7, 11) is 0. The van der Waals surface area contributed by atoms with Gasteiger partial charge in [-0.1, -0.05) is 36.2 Å². The zero-order valence-electron chi connectivity index (χ0n) is 9.23. The zero-order chi connectivity index (χ0) is 11.4. The lowest BCUT2D eigenvalue weighted by molar-refractivity contribution is -0.113. The maximum Gasteiger partial charge on any atom is 0.137 e. The molecule has 3 heteroatoms. The molecule has 1 fully saturated rings. The quantitative estimate of drug-likeness (QED) is 0.754. The number of carbonyl (C=O) groups is 1. The number of carbonyl (C=O) groups excluding carboxylic acids is 1. The van der Waals surface area contributed by atoms with Crippen LogP contribution in [0.15, 0.2) is 24.3 Å². The van der Waals surface area contributed by atoms with Crippen molar-refractivity contribution >= 4 is 17.9 Å². The Morgan fingerprint density at radius 2 is 2.19 bits per heavy atom. The molecule has 2 nitrogen and oxygen atoms in total. The van der Waals surface area contributed by atoms with Crippen molar-refractivity contribution in [1.29, 1.82) is 0 Å². The first-order valence-corrected chi connectivity index (χ1v) is 6.12. The van der Waals surface area contributed by atoms with E-state index in [1.165, 1.54) is 6.42 Å². The molecule has 1 aliphatic rings. The molecular formula is C13H16ClNO. The van der Waals surface area contributed by atoms with Crippen LogP contribution in [0.1, 0.15) is 24.8 Å². The highest BCUT2D eigenvalue weighted by molar-refractivity contribution is 6.31. The second-order valence-corrected chi connectivity index (χ2v) is 4.67. The molecule has 0 bridgehead atoms. The Balaban J connectivity index is 2.08. The first-order chi connectivity index (χ1) is 7.81. The molecule has 86 valence electrons. The standard InChI is InChI=1S/C13H16ClNO/c14-13-7-2-1-5-11(13)9-15-8-4-3-6-12(15)10-16/h1-2,5,7,10,12H,3-4,6,8-9H2. The Hall–Kier alpha value is -0.860. The molecule has 1 aromatic carbocycles. The lowest BCUT2D eigenvalue weighted by Gasteiger charge is -2.32. The third kappa shape index (κ3) is 2.63. The monoisotopic (exact) mass is 237 g/mol. The van der Waals surface area contributed by atoms with Crippen molar-refractivity contribution in [2.45, 2.75) is 31.8 Å². The minimum Gasteiger partial charge on any atom is -0.302 e. The van der Waals surface area contributed by atoms with Crippen LogP contribution >= 0.6 is 11.6 Å². The molecule has 1 aliphatic heterocycles. The minimum absolute atomic E-state index is 0.0741. The summed E-state index contributed by atoms with van der Waals surface area (Å²) in [5, 5.41) is 0.790. The summed E-state index contributed by atoms with van der Waals surface area (Å²) < 4.78 is 0. The topological polar surface area (TPSA) is 20.3 Å². The van der Waals surface area contributed by atoms with E-state index < -0.39 is 0 Å². The fourth-order valence-corrected chi connectivity index (χ4v) is 2.41. The summed E-state index contributed by atoms with van der Waals surface area (Å²) in [6.07, 6.45) is 4.38. The third-order valence-corrected chi connectivity index (χ3v) is 3.52. The molecule has 0 spiro atoms. The number of aldehydes is 1. The minimum atomic E-state index is 0.0741. The van der Waals surface area contributed by atoms with E-state index in [2.05, 4.69) is 4.90 Å². The van der Waals surface area contributed by atoms with Gasteiger partial charge in [-0.15, -0.1) is 0 Å². The Bertz CT molecular complexity index is 367. The molecular weight excluding hydrogens is 222 g/mol. The summed E-state index contributed by atoms with van der Waals surface area (Å²) >= 11 is 6.12. The number of hydrogen-bond acceptors (Lipinski definition) is 2. The second kappa shape index (κ2) is 5.46. The van der Waals surface area contributed by atoms with Crippen LogP contribution in [0.5, 0.6) is 0 Å². The van der Waals surface area contributed by atoms with Gasteiger partial charge < -0.3 is 4.79 Å². The molecule has 1 aromatic rings. The van der Waals surface area contributed by atoms with Crippen LogP contribution in [0.3, 0.4) is 0 Å². The van der Waals surface area contributed by atoms with Crippen LogP contribution in [0.4, 0.5) is 0 Å². The summed E-state index contributed by atoms with van der Waals surface area (Å²) in [5.41, 5.74) is 1.11. The van der Waals surface area contributed by atoms with Gasteiger partial charge in [0, 0.05) is 11.6 Å². The summed E-state index contributed by atoms with van der Waals surface area (Å²) in [6, 6.07) is 7.92. The molecule has 16 heavy (non-hydrogen) atoms. The normalized spacial score (nSPS) is 21.9. The van der Waals surface area contributed by atoms with Crippen molar-refractivity contribution in [3.8, 4) is 0 Å². The SMILES string of the molecule is O=CC1CCCCN1Cc1ccccc1Cl. The van der Waals surface area contributed by atoms with E-state index in [1.54, 1.807) is 0 Å². The average molecular weight is 238 g/mol. The van der Waals surface area contributed by atoms with Gasteiger partial charge in [0.2, 0.25) is 0 Å². The smallest absolute Gasteiger partial charge is 0.137 e. The predicted molar refractivity (Wildman–Crippen MR) is 65.6 cm³/mol. The molecule has 0 aromatic heterocycles. The molecule has 0 saturated carbocycles. The number of benzene rings is 1. The van der Waals surface area contributed by atoms with Gasteiger partial charge in [-0.05, 0) is 31.0 Å². The molecule has 0 radical (unpaired) electrons. The van der Waals surface area contributed by atoms with Crippen molar-refractivity contribution in [3.63, 3.8) is 0 Å². The van der Waals surface area contributed by atoms with Crippen molar-refractivity contribution in [2.75, 3.05) is 6.54 Å². The largest absolute Gasteiger partial charge is 0.302 e. The van der Waals surface area contributed by atoms with Crippen LogP contribution in [0.2, 0.25) is 5.02 Å². The van der Waals surface area contributed by atoms with Crippen molar-refractivity contribution in [2.24, 2.45) is 0 Å². The maximum atomic E-state index is 11.0. The van der Waals surface area contributed by atoms with Gasteiger partial charge in [0.15, 0.2) is 0 Å². The maximum absolute atomic E-state index is 11.0. The number of halogens is 1. The molecule has 0 N–H and O–H groups in total. The molecule has 0 amide bonds. The van der Waals surface area contributed by atoms with Crippen molar-refractivity contribution in [1.82, 2.24) is 4.90 Å². The number of nitrogens with zero attached hydrogens (tertiary/aromatic N) is 1. The molecule has 1 atom stereocenters. The van der Waals surface area contributed by atoms with Gasteiger partial charge >= 0.3 is 0 Å². The van der Waals surface area contributed by atoms with Gasteiger partial charge in [0.05, 0.1) is 6.04 Å². The number of rotatable bonds is 3. The van der Waals surface area contributed by atoms with Crippen LogP contribution in [-0.2, 0) is 11.3 Å². The lowest BCUT2D eigenvalue weighted by atomic mass is 10.0. The van der Waals surface area contributed by atoms with E-state index in [1.807, 2.05) is 24.3 Å². The van der Waals surface area contributed by atoms with Gasteiger partial charge in [-0.3, -0.25) is 4.90 Å². The third-order valence-electron chi connectivity index (χ3n) is 3.15. The molecule has 1 unspecified atom stereocenters. The second-order valence-electron chi connectivity index (χ2n) is 4.26. The van der Waals surface area contributed by atoms with E-state index in [0.29, 0.717) is 0 Å². The van der Waals surface area contributed by atoms with Gasteiger partial charge in [-0.25, -0.2) is 0 Å². The Kier molecular flexibility index (Phi) is 3.97. The highest BCUT2D eigenvalue weighted by Crippen LogP contribution is 2.22. The van der Waals surface area contributed by atoms with Crippen LogP contribution in [0, 0.1) is 0 Å². The van der Waals surface area contributed by atoms with E-state index in [9.17, 15) is 4.79 Å². The molecule has 1 saturated heterocycles. The fraction of sp³-hybridized carbons (Fsp3) is 0.462. The van der Waals surface area contributed by atoms with Crippen molar-refractivity contribution < 1.29 is 4.79 Å². The van der Waals surface area contributed by atoms with Gasteiger partial charge in [0.25, 0.3) is 0 Å². The number of hydrogen-bond donors (Lipinski definition) is 0. The zero-order valence-corrected chi connectivity index (χ0v) is 9.99. The van der Waals surface area contributed by atoms with Crippen LogP contribution < -0.4 is 0 Å². The van der Waals surface area contributed by atoms with E-state index in [4.69, 9.17) is 11.6 Å². The lowest BCUT2D eigenvalue weighted by Crippen LogP contribution is -2.39.